The van der Waals surface area contributed by atoms with Crippen LogP contribution in [0.2, 0.25) is 0 Å². The summed E-state index contributed by atoms with van der Waals surface area (Å²) in [6.45, 7) is 8.58. The molecular weight excluding hydrogens is 238 g/mol. The molecule has 1 aliphatic carbocycles. The van der Waals surface area contributed by atoms with Crippen LogP contribution in [0.3, 0.4) is 0 Å². The van der Waals surface area contributed by atoms with Gasteiger partial charge >= 0.3 is 5.97 Å². The predicted molar refractivity (Wildman–Crippen MR) is 77.1 cm³/mol. The lowest BCUT2D eigenvalue weighted by molar-refractivity contribution is -0.154. The first-order valence-corrected chi connectivity index (χ1v) is 7.94. The van der Waals surface area contributed by atoms with Crippen molar-refractivity contribution in [1.29, 1.82) is 0 Å². The van der Waals surface area contributed by atoms with Crippen LogP contribution >= 0.6 is 0 Å². The number of carboxylic acid groups (broad SMARTS) is 1. The molecule has 1 aliphatic heterocycles. The first-order valence-electron chi connectivity index (χ1n) is 7.94. The first-order chi connectivity index (χ1) is 8.97. The standard InChI is InChI=1S/C16H29NO2/c1-4-16(15(18)19)6-5-7-17(11-16)14-9-12(2)8-13(3)10-14/h12-14H,4-11H2,1-3H3,(H,18,19). The van der Waals surface area contributed by atoms with Gasteiger partial charge in [0.25, 0.3) is 0 Å². The second-order valence-electron chi connectivity index (χ2n) is 7.08. The van der Waals surface area contributed by atoms with Crippen LogP contribution in [-0.2, 0) is 4.79 Å². The molecule has 1 heterocycles. The molecule has 2 aliphatic rings. The zero-order valence-corrected chi connectivity index (χ0v) is 12.7. The van der Waals surface area contributed by atoms with E-state index in [-0.39, 0.29) is 0 Å². The Morgan fingerprint density at radius 2 is 1.89 bits per heavy atom. The smallest absolute Gasteiger partial charge is 0.310 e. The number of carboxylic acids is 1. The molecule has 1 saturated heterocycles. The summed E-state index contributed by atoms with van der Waals surface area (Å²) in [7, 11) is 0. The van der Waals surface area contributed by atoms with E-state index in [4.69, 9.17) is 0 Å². The molecule has 2 rings (SSSR count). The molecule has 3 heteroatoms. The van der Waals surface area contributed by atoms with Crippen molar-refractivity contribution in [2.75, 3.05) is 13.1 Å². The lowest BCUT2D eigenvalue weighted by atomic mass is 9.74. The van der Waals surface area contributed by atoms with Crippen LogP contribution in [0, 0.1) is 17.3 Å². The Labute approximate surface area is 117 Å². The predicted octanol–water partition coefficient (Wildman–Crippen LogP) is 3.39. The SMILES string of the molecule is CCC1(C(=O)O)CCCN(C2CC(C)CC(C)C2)C1. The van der Waals surface area contributed by atoms with Crippen LogP contribution in [0.25, 0.3) is 0 Å². The van der Waals surface area contributed by atoms with E-state index in [2.05, 4.69) is 18.7 Å². The average molecular weight is 267 g/mol. The van der Waals surface area contributed by atoms with E-state index in [9.17, 15) is 9.90 Å². The molecule has 19 heavy (non-hydrogen) atoms. The van der Waals surface area contributed by atoms with E-state index in [0.717, 1.165) is 44.2 Å². The second kappa shape index (κ2) is 5.82. The van der Waals surface area contributed by atoms with Gasteiger partial charge in [0, 0.05) is 12.6 Å². The number of carbonyl (C=O) groups is 1. The molecule has 0 amide bonds. The van der Waals surface area contributed by atoms with Crippen molar-refractivity contribution in [1.82, 2.24) is 4.90 Å². The van der Waals surface area contributed by atoms with Crippen molar-refractivity contribution in [3.63, 3.8) is 0 Å². The Balaban J connectivity index is 2.06. The Hall–Kier alpha value is -0.570. The Kier molecular flexibility index (Phi) is 4.54. The molecule has 0 spiro atoms. The van der Waals surface area contributed by atoms with E-state index in [1.807, 2.05) is 6.92 Å². The molecule has 3 atom stereocenters. The number of aliphatic carboxylic acids is 1. The number of hydrogen-bond donors (Lipinski definition) is 1. The molecule has 3 unspecified atom stereocenters. The second-order valence-corrected chi connectivity index (χ2v) is 7.08. The number of likely N-dealkylation sites (tertiary alicyclic amines) is 1. The number of piperidine rings is 1. The van der Waals surface area contributed by atoms with E-state index in [1.165, 1.54) is 19.3 Å². The minimum atomic E-state index is -0.586. The molecule has 1 saturated carbocycles. The molecule has 3 nitrogen and oxygen atoms in total. The summed E-state index contributed by atoms with van der Waals surface area (Å²) >= 11 is 0. The van der Waals surface area contributed by atoms with Crippen LogP contribution < -0.4 is 0 Å². The molecule has 0 aromatic carbocycles. The minimum absolute atomic E-state index is 0.484. The maximum atomic E-state index is 11.6. The minimum Gasteiger partial charge on any atom is -0.481 e. The first kappa shape index (κ1) is 14.8. The number of hydrogen-bond acceptors (Lipinski definition) is 2. The highest BCUT2D eigenvalue weighted by Gasteiger charge is 2.43. The van der Waals surface area contributed by atoms with Crippen LogP contribution in [-0.4, -0.2) is 35.1 Å². The molecule has 2 fully saturated rings. The third-order valence-corrected chi connectivity index (χ3v) is 5.41. The molecule has 110 valence electrons. The van der Waals surface area contributed by atoms with Gasteiger partial charge in [-0.2, -0.15) is 0 Å². The van der Waals surface area contributed by atoms with Crippen molar-refractivity contribution < 1.29 is 9.90 Å². The van der Waals surface area contributed by atoms with E-state index < -0.39 is 11.4 Å². The fourth-order valence-electron chi connectivity index (χ4n) is 4.30. The van der Waals surface area contributed by atoms with E-state index >= 15 is 0 Å². The normalized spacial score (nSPS) is 41.1. The molecule has 0 bridgehead atoms. The van der Waals surface area contributed by atoms with Gasteiger partial charge in [-0.05, 0) is 56.9 Å². The largest absolute Gasteiger partial charge is 0.481 e. The highest BCUT2D eigenvalue weighted by atomic mass is 16.4. The highest BCUT2D eigenvalue weighted by Crippen LogP contribution is 2.38. The van der Waals surface area contributed by atoms with Crippen molar-refractivity contribution in [3.8, 4) is 0 Å². The summed E-state index contributed by atoms with van der Waals surface area (Å²) in [5, 5.41) is 9.58. The average Bonchev–Trinajstić information content (AvgIpc) is 2.37. The quantitative estimate of drug-likeness (QED) is 0.852. The molecule has 0 radical (unpaired) electrons. The Morgan fingerprint density at radius 3 is 2.42 bits per heavy atom. The fourth-order valence-corrected chi connectivity index (χ4v) is 4.30. The van der Waals surface area contributed by atoms with Crippen molar-refractivity contribution >= 4 is 5.97 Å². The molecule has 0 aromatic heterocycles. The Morgan fingerprint density at radius 1 is 1.26 bits per heavy atom. The van der Waals surface area contributed by atoms with Crippen LogP contribution in [0.15, 0.2) is 0 Å². The number of nitrogens with zero attached hydrogens (tertiary/aromatic N) is 1. The van der Waals surface area contributed by atoms with Gasteiger partial charge in [-0.25, -0.2) is 0 Å². The van der Waals surface area contributed by atoms with Crippen molar-refractivity contribution in [2.45, 2.75) is 65.3 Å². The summed E-state index contributed by atoms with van der Waals surface area (Å²) in [6, 6.07) is 0.615. The van der Waals surface area contributed by atoms with Crippen molar-refractivity contribution in [2.24, 2.45) is 17.3 Å². The van der Waals surface area contributed by atoms with E-state index in [0.29, 0.717) is 6.04 Å². The van der Waals surface area contributed by atoms with Gasteiger partial charge in [0.05, 0.1) is 5.41 Å². The summed E-state index contributed by atoms with van der Waals surface area (Å²) in [5.41, 5.74) is -0.484. The summed E-state index contributed by atoms with van der Waals surface area (Å²) in [5.74, 6) is 0.990. The van der Waals surface area contributed by atoms with Gasteiger partial charge in [0.1, 0.15) is 0 Å². The van der Waals surface area contributed by atoms with E-state index in [1.54, 1.807) is 0 Å². The Bertz CT molecular complexity index is 321. The maximum absolute atomic E-state index is 11.6. The van der Waals surface area contributed by atoms with Crippen LogP contribution in [0.5, 0.6) is 0 Å². The van der Waals surface area contributed by atoms with Gasteiger partial charge < -0.3 is 5.11 Å². The molecule has 1 N–H and O–H groups in total. The lowest BCUT2D eigenvalue weighted by Crippen LogP contribution is -2.52. The summed E-state index contributed by atoms with van der Waals surface area (Å²) in [4.78, 5) is 14.1. The summed E-state index contributed by atoms with van der Waals surface area (Å²) in [6.07, 6.45) is 6.50. The highest BCUT2D eigenvalue weighted by molar-refractivity contribution is 5.75. The van der Waals surface area contributed by atoms with Crippen LogP contribution in [0.4, 0.5) is 0 Å². The third-order valence-electron chi connectivity index (χ3n) is 5.41. The van der Waals surface area contributed by atoms with Gasteiger partial charge in [0.2, 0.25) is 0 Å². The van der Waals surface area contributed by atoms with Gasteiger partial charge in [-0.1, -0.05) is 20.8 Å². The summed E-state index contributed by atoms with van der Waals surface area (Å²) < 4.78 is 0. The zero-order valence-electron chi connectivity index (χ0n) is 12.7. The van der Waals surface area contributed by atoms with Crippen molar-refractivity contribution in [3.05, 3.63) is 0 Å². The molecule has 0 aromatic rings. The maximum Gasteiger partial charge on any atom is 0.310 e. The van der Waals surface area contributed by atoms with Gasteiger partial charge in [-0.15, -0.1) is 0 Å². The van der Waals surface area contributed by atoms with Gasteiger partial charge in [-0.3, -0.25) is 9.69 Å². The zero-order chi connectivity index (χ0) is 14.0. The fraction of sp³-hybridized carbons (Fsp3) is 0.938. The monoisotopic (exact) mass is 267 g/mol. The van der Waals surface area contributed by atoms with Crippen LogP contribution in [0.1, 0.15) is 59.3 Å². The third kappa shape index (κ3) is 3.13. The van der Waals surface area contributed by atoms with Gasteiger partial charge in [0.15, 0.2) is 0 Å². The topological polar surface area (TPSA) is 40.5 Å². The molecular formula is C16H29NO2. The lowest BCUT2D eigenvalue weighted by Gasteiger charge is -2.46. The number of rotatable bonds is 3.